The highest BCUT2D eigenvalue weighted by Gasteiger charge is 2.12. The van der Waals surface area contributed by atoms with E-state index in [-0.39, 0.29) is 0 Å². The van der Waals surface area contributed by atoms with Gasteiger partial charge in [-0.25, -0.2) is 9.97 Å². The molecule has 0 atom stereocenters. The monoisotopic (exact) mass is 360 g/mol. The molecule has 1 aromatic heterocycles. The van der Waals surface area contributed by atoms with Crippen LogP contribution in [0.25, 0.3) is 0 Å². The first-order chi connectivity index (χ1) is 10.7. The predicted molar refractivity (Wildman–Crippen MR) is 94.9 cm³/mol. The average Bonchev–Trinajstić information content (AvgIpc) is 2.80. The SMILES string of the molecule is Cc1cc(Nc2cc(N3CCCCCC3)ncn2)ccc1Br. The van der Waals surface area contributed by atoms with Gasteiger partial charge >= 0.3 is 0 Å². The second-order valence-corrected chi connectivity index (χ2v) is 6.61. The molecule has 2 aromatic rings. The summed E-state index contributed by atoms with van der Waals surface area (Å²) in [5, 5.41) is 3.37. The highest BCUT2D eigenvalue weighted by atomic mass is 79.9. The lowest BCUT2D eigenvalue weighted by Gasteiger charge is -2.21. The summed E-state index contributed by atoms with van der Waals surface area (Å²) in [4.78, 5) is 11.2. The number of nitrogens with one attached hydrogen (secondary N) is 1. The number of benzene rings is 1. The molecule has 0 radical (unpaired) electrons. The molecule has 0 saturated carbocycles. The van der Waals surface area contributed by atoms with Gasteiger partial charge < -0.3 is 10.2 Å². The first-order valence-electron chi connectivity index (χ1n) is 7.82. The van der Waals surface area contributed by atoms with Crippen molar-refractivity contribution in [3.8, 4) is 0 Å². The van der Waals surface area contributed by atoms with Crippen LogP contribution >= 0.6 is 15.9 Å². The minimum Gasteiger partial charge on any atom is -0.356 e. The third-order valence-corrected chi connectivity index (χ3v) is 4.90. The first kappa shape index (κ1) is 15.3. The molecule has 1 aliphatic rings. The van der Waals surface area contributed by atoms with Gasteiger partial charge in [0.2, 0.25) is 0 Å². The molecule has 5 heteroatoms. The van der Waals surface area contributed by atoms with Crippen molar-refractivity contribution in [1.82, 2.24) is 9.97 Å². The van der Waals surface area contributed by atoms with Crippen molar-refractivity contribution >= 4 is 33.3 Å². The summed E-state index contributed by atoms with van der Waals surface area (Å²) in [6.07, 6.45) is 6.79. The maximum Gasteiger partial charge on any atom is 0.135 e. The Morgan fingerprint density at radius 1 is 1.05 bits per heavy atom. The molecule has 3 rings (SSSR count). The summed E-state index contributed by atoms with van der Waals surface area (Å²) in [5.74, 6) is 1.87. The van der Waals surface area contributed by atoms with E-state index in [1.807, 2.05) is 12.1 Å². The zero-order valence-electron chi connectivity index (χ0n) is 12.8. The van der Waals surface area contributed by atoms with E-state index >= 15 is 0 Å². The van der Waals surface area contributed by atoms with Gasteiger partial charge in [-0.2, -0.15) is 0 Å². The van der Waals surface area contributed by atoms with Crippen molar-refractivity contribution in [2.45, 2.75) is 32.6 Å². The molecule has 1 saturated heterocycles. The van der Waals surface area contributed by atoms with Crippen LogP contribution in [0.2, 0.25) is 0 Å². The van der Waals surface area contributed by atoms with Gasteiger partial charge in [0.1, 0.15) is 18.0 Å². The van der Waals surface area contributed by atoms with Crippen LogP contribution in [0.5, 0.6) is 0 Å². The summed E-state index contributed by atoms with van der Waals surface area (Å²) >= 11 is 3.53. The zero-order valence-corrected chi connectivity index (χ0v) is 14.4. The van der Waals surface area contributed by atoms with E-state index in [9.17, 15) is 0 Å². The number of hydrogen-bond acceptors (Lipinski definition) is 4. The minimum atomic E-state index is 0.843. The molecule has 0 bridgehead atoms. The largest absolute Gasteiger partial charge is 0.356 e. The van der Waals surface area contributed by atoms with E-state index in [1.165, 1.54) is 31.2 Å². The van der Waals surface area contributed by atoms with Gasteiger partial charge in [-0.05, 0) is 43.5 Å². The summed E-state index contributed by atoms with van der Waals surface area (Å²) < 4.78 is 1.12. The van der Waals surface area contributed by atoms with Gasteiger partial charge in [-0.1, -0.05) is 28.8 Å². The van der Waals surface area contributed by atoms with Gasteiger partial charge in [0.25, 0.3) is 0 Å². The fourth-order valence-electron chi connectivity index (χ4n) is 2.76. The predicted octanol–water partition coefficient (Wildman–Crippen LogP) is 4.67. The van der Waals surface area contributed by atoms with Crippen LogP contribution in [0.1, 0.15) is 31.2 Å². The van der Waals surface area contributed by atoms with Crippen molar-refractivity contribution in [3.05, 3.63) is 40.6 Å². The third-order valence-electron chi connectivity index (χ3n) is 4.01. The molecule has 0 aliphatic carbocycles. The number of aromatic nitrogens is 2. The minimum absolute atomic E-state index is 0.843. The van der Waals surface area contributed by atoms with E-state index in [4.69, 9.17) is 0 Å². The van der Waals surface area contributed by atoms with Crippen LogP contribution in [0.3, 0.4) is 0 Å². The Bertz CT molecular complexity index is 636. The van der Waals surface area contributed by atoms with E-state index in [1.54, 1.807) is 6.33 Å². The van der Waals surface area contributed by atoms with Crippen LogP contribution in [-0.4, -0.2) is 23.1 Å². The summed E-state index contributed by atoms with van der Waals surface area (Å²) in [7, 11) is 0. The van der Waals surface area contributed by atoms with E-state index in [2.05, 4.69) is 55.2 Å². The van der Waals surface area contributed by atoms with Crippen molar-refractivity contribution in [3.63, 3.8) is 0 Å². The number of anilines is 3. The third kappa shape index (κ3) is 3.77. The molecule has 0 unspecified atom stereocenters. The molecule has 116 valence electrons. The Kier molecular flexibility index (Phi) is 4.93. The standard InChI is InChI=1S/C17H21BrN4/c1-13-10-14(6-7-15(13)18)21-16-11-17(20-12-19-16)22-8-4-2-3-5-9-22/h6-7,10-12H,2-5,8-9H2,1H3,(H,19,20,21). The van der Waals surface area contributed by atoms with Crippen LogP contribution in [-0.2, 0) is 0 Å². The average molecular weight is 361 g/mol. The van der Waals surface area contributed by atoms with Crippen molar-refractivity contribution in [2.75, 3.05) is 23.3 Å². The second kappa shape index (κ2) is 7.09. The lowest BCUT2D eigenvalue weighted by molar-refractivity contribution is 0.726. The molecular formula is C17H21BrN4. The number of nitrogens with zero attached hydrogens (tertiary/aromatic N) is 3. The summed E-state index contributed by atoms with van der Waals surface area (Å²) in [5.41, 5.74) is 2.24. The molecule has 1 fully saturated rings. The Labute approximate surface area is 140 Å². The summed E-state index contributed by atoms with van der Waals surface area (Å²) in [6, 6.07) is 8.25. The fourth-order valence-corrected chi connectivity index (χ4v) is 3.01. The fraction of sp³-hybridized carbons (Fsp3) is 0.412. The van der Waals surface area contributed by atoms with Crippen molar-refractivity contribution in [2.24, 2.45) is 0 Å². The number of halogens is 1. The Hall–Kier alpha value is -1.62. The normalized spacial score (nSPS) is 15.5. The van der Waals surface area contributed by atoms with Crippen LogP contribution in [0, 0.1) is 6.92 Å². The second-order valence-electron chi connectivity index (χ2n) is 5.75. The molecule has 1 N–H and O–H groups in total. The smallest absolute Gasteiger partial charge is 0.135 e. The number of aryl methyl sites for hydroxylation is 1. The van der Waals surface area contributed by atoms with E-state index in [0.29, 0.717) is 0 Å². The lowest BCUT2D eigenvalue weighted by Crippen LogP contribution is -2.25. The van der Waals surface area contributed by atoms with E-state index < -0.39 is 0 Å². The van der Waals surface area contributed by atoms with Gasteiger partial charge in [0, 0.05) is 29.3 Å². The molecule has 1 aromatic carbocycles. The Balaban J connectivity index is 1.76. The van der Waals surface area contributed by atoms with Crippen molar-refractivity contribution < 1.29 is 0 Å². The van der Waals surface area contributed by atoms with Crippen molar-refractivity contribution in [1.29, 1.82) is 0 Å². The zero-order chi connectivity index (χ0) is 15.4. The topological polar surface area (TPSA) is 41.0 Å². The molecule has 2 heterocycles. The maximum absolute atomic E-state index is 4.45. The summed E-state index contributed by atoms with van der Waals surface area (Å²) in [6.45, 7) is 4.26. The van der Waals surface area contributed by atoms with Gasteiger partial charge in [-0.15, -0.1) is 0 Å². The van der Waals surface area contributed by atoms with Gasteiger partial charge in [0.05, 0.1) is 0 Å². The van der Waals surface area contributed by atoms with Gasteiger partial charge in [-0.3, -0.25) is 0 Å². The number of hydrogen-bond donors (Lipinski definition) is 1. The molecule has 0 amide bonds. The molecule has 1 aliphatic heterocycles. The highest BCUT2D eigenvalue weighted by molar-refractivity contribution is 9.10. The van der Waals surface area contributed by atoms with Gasteiger partial charge in [0.15, 0.2) is 0 Å². The quantitative estimate of drug-likeness (QED) is 0.863. The van der Waals surface area contributed by atoms with Crippen LogP contribution < -0.4 is 10.2 Å². The number of rotatable bonds is 3. The lowest BCUT2D eigenvalue weighted by atomic mass is 10.2. The first-order valence-corrected chi connectivity index (χ1v) is 8.62. The molecule has 0 spiro atoms. The Morgan fingerprint density at radius 2 is 1.82 bits per heavy atom. The Morgan fingerprint density at radius 3 is 2.55 bits per heavy atom. The highest BCUT2D eigenvalue weighted by Crippen LogP contribution is 2.24. The van der Waals surface area contributed by atoms with Crippen LogP contribution in [0.4, 0.5) is 17.3 Å². The molecular weight excluding hydrogens is 340 g/mol. The van der Waals surface area contributed by atoms with Crippen LogP contribution in [0.15, 0.2) is 35.1 Å². The molecule has 22 heavy (non-hydrogen) atoms. The van der Waals surface area contributed by atoms with E-state index in [0.717, 1.165) is 34.9 Å². The molecule has 4 nitrogen and oxygen atoms in total. The maximum atomic E-state index is 4.45.